The molecule has 2 aliphatic carbocycles. The average molecular weight is 875 g/mol. The number of ketones is 1. The van der Waals surface area contributed by atoms with Crippen LogP contribution >= 0.6 is 24.1 Å². The van der Waals surface area contributed by atoms with Crippen LogP contribution in [0.2, 0.25) is 0 Å². The summed E-state index contributed by atoms with van der Waals surface area (Å²) in [6.45, 7) is 1.70. The highest BCUT2D eigenvalue weighted by Gasteiger charge is 2.39. The van der Waals surface area contributed by atoms with Crippen molar-refractivity contribution in [3.8, 4) is 0 Å². The molecule has 4 amide bonds. The fourth-order valence-electron chi connectivity index (χ4n) is 6.83. The summed E-state index contributed by atoms with van der Waals surface area (Å²) in [5, 5.41) is 41.5. The van der Waals surface area contributed by atoms with Crippen LogP contribution in [0.25, 0.3) is 5.57 Å². The van der Waals surface area contributed by atoms with Crippen LogP contribution in [0.4, 0.5) is 5.69 Å². The number of imide groups is 2. The number of carbonyl (C=O) groups is 7. The highest BCUT2D eigenvalue weighted by Crippen LogP contribution is 2.41. The van der Waals surface area contributed by atoms with E-state index in [1.165, 1.54) is 0 Å². The van der Waals surface area contributed by atoms with Crippen LogP contribution in [0.3, 0.4) is 0 Å². The molecule has 0 radical (unpaired) electrons. The summed E-state index contributed by atoms with van der Waals surface area (Å²) in [6, 6.07) is 6.84. The Morgan fingerprint density at radius 3 is 1.75 bits per heavy atom. The minimum Gasteiger partial charge on any atom is -0.874 e. The summed E-state index contributed by atoms with van der Waals surface area (Å²) in [5.41, 5.74) is 2.01. The van der Waals surface area contributed by atoms with Crippen LogP contribution in [0.15, 0.2) is 54.3 Å². The van der Waals surface area contributed by atoms with Crippen molar-refractivity contribution >= 4 is 82.4 Å². The zero-order chi connectivity index (χ0) is 43.0. The summed E-state index contributed by atoms with van der Waals surface area (Å²) < 4.78 is 10.6. The minimum atomic E-state index is -0.909. The van der Waals surface area contributed by atoms with Gasteiger partial charge in [0.15, 0.2) is 11.5 Å². The van der Waals surface area contributed by atoms with Crippen molar-refractivity contribution in [3.63, 3.8) is 0 Å². The molecule has 2 aliphatic heterocycles. The third-order valence-corrected chi connectivity index (χ3v) is 11.0. The van der Waals surface area contributed by atoms with Gasteiger partial charge in [0.25, 0.3) is 23.6 Å². The van der Waals surface area contributed by atoms with Crippen molar-refractivity contribution in [2.24, 2.45) is 11.8 Å². The van der Waals surface area contributed by atoms with Crippen molar-refractivity contribution in [2.45, 2.75) is 64.2 Å². The van der Waals surface area contributed by atoms with E-state index in [1.54, 1.807) is 48.6 Å². The molecule has 1 unspecified atom stereocenters. The lowest BCUT2D eigenvalue weighted by molar-refractivity contribution is -0.777. The van der Waals surface area contributed by atoms with Crippen molar-refractivity contribution in [2.75, 3.05) is 42.6 Å². The van der Waals surface area contributed by atoms with Gasteiger partial charge in [0.2, 0.25) is 0 Å². The summed E-state index contributed by atoms with van der Waals surface area (Å²) in [6.07, 6.45) is 8.67. The van der Waals surface area contributed by atoms with Crippen molar-refractivity contribution in [1.82, 2.24) is 10.1 Å². The summed E-state index contributed by atoms with van der Waals surface area (Å²) in [7, 11) is 0. The van der Waals surface area contributed by atoms with Gasteiger partial charge in [-0.25, -0.2) is 14.2 Å². The third kappa shape index (κ3) is 12.5. The molecule has 5 rings (SSSR count). The molecule has 0 spiro atoms. The van der Waals surface area contributed by atoms with Gasteiger partial charge in [0.05, 0.1) is 6.42 Å². The molecule has 2 heterocycles. The molecular weight excluding hydrogens is 833 g/mol. The van der Waals surface area contributed by atoms with E-state index in [0.29, 0.717) is 79.1 Å². The van der Waals surface area contributed by atoms with Gasteiger partial charge in [0.1, 0.15) is 13.1 Å². The predicted octanol–water partition coefficient (Wildman–Crippen LogP) is 0.257. The topological polar surface area (TPSA) is 257 Å². The lowest BCUT2D eigenvalue weighted by atomic mass is 9.71. The van der Waals surface area contributed by atoms with Crippen LogP contribution in [0, 0.1) is 11.8 Å². The molecule has 20 nitrogen and oxygen atoms in total. The number of rotatable bonds is 25. The normalized spacial score (nSPS) is 18.8. The van der Waals surface area contributed by atoms with E-state index in [4.69, 9.17) is 9.68 Å². The maximum atomic E-state index is 13.5. The van der Waals surface area contributed by atoms with Gasteiger partial charge in [-0.3, -0.25) is 34.0 Å². The van der Waals surface area contributed by atoms with E-state index >= 15 is 0 Å². The number of hydrogen-bond donors (Lipinski definition) is 0. The standard InChI is InChI=1S/C38H44N4O16S2/c43-29-15-16-30(44)41(29)53-33(47)5-1-19-39(21-3-23-59-57-55-51)27-11-7-25(8-12-27)35-37(49)36(38(35)50)26-9-13-28(14-10-26)40(22-4-24-60-58-56-52)20-2-6-34(48)54-42-31(45)17-18-32(42)46/h7-14,25,35H,1-6,15-24H2,(H2-,49,51,52)/p-2. The molecule has 2 saturated heterocycles. The minimum absolute atomic E-state index is 0.0107. The molecule has 22 heteroatoms. The van der Waals surface area contributed by atoms with Crippen LogP contribution in [-0.2, 0) is 62.0 Å². The summed E-state index contributed by atoms with van der Waals surface area (Å²) >= 11 is 1.67. The molecule has 324 valence electrons. The van der Waals surface area contributed by atoms with Crippen molar-refractivity contribution in [1.29, 1.82) is 0 Å². The zero-order valence-electron chi connectivity index (χ0n) is 32.2. The lowest BCUT2D eigenvalue weighted by Gasteiger charge is -2.40. The molecule has 0 N–H and O–H groups in total. The fourth-order valence-corrected chi connectivity index (χ4v) is 7.54. The molecule has 1 aromatic rings. The summed E-state index contributed by atoms with van der Waals surface area (Å²) in [4.78, 5) is 97.2. The molecule has 0 bridgehead atoms. The molecule has 0 saturated carbocycles. The highest BCUT2D eigenvalue weighted by molar-refractivity contribution is 7.94. The zero-order valence-corrected chi connectivity index (χ0v) is 33.9. The van der Waals surface area contributed by atoms with Crippen LogP contribution < -0.4 is 20.5 Å². The summed E-state index contributed by atoms with van der Waals surface area (Å²) in [5.74, 6) is -4.91. The van der Waals surface area contributed by atoms with Gasteiger partial charge in [-0.1, -0.05) is 24.3 Å². The molecule has 1 aromatic carbocycles. The van der Waals surface area contributed by atoms with E-state index < -0.39 is 47.4 Å². The Morgan fingerprint density at radius 2 is 1.22 bits per heavy atom. The third-order valence-electron chi connectivity index (χ3n) is 9.79. The number of benzene rings is 1. The molecule has 1 atom stereocenters. The van der Waals surface area contributed by atoms with Gasteiger partial charge in [-0.05, 0) is 30.5 Å². The fraction of sp³-hybridized carbons (Fsp3) is 0.474. The predicted molar refractivity (Wildman–Crippen MR) is 202 cm³/mol. The van der Waals surface area contributed by atoms with Gasteiger partial charge in [-0.15, -0.1) is 15.9 Å². The molecule has 60 heavy (non-hydrogen) atoms. The number of allylic oxidation sites excluding steroid dienone is 6. The smallest absolute Gasteiger partial charge is 0.333 e. The quantitative estimate of drug-likeness (QED) is 0.0319. The monoisotopic (exact) mass is 874 g/mol. The largest absolute Gasteiger partial charge is 0.874 e. The number of nitrogens with zero attached hydrogens (tertiary/aromatic N) is 4. The van der Waals surface area contributed by atoms with Crippen LogP contribution in [0.1, 0.15) is 69.8 Å². The first-order chi connectivity index (χ1) is 29.0. The second kappa shape index (κ2) is 23.2. The first-order valence-corrected chi connectivity index (χ1v) is 20.9. The van der Waals surface area contributed by atoms with Gasteiger partial charge < -0.3 is 30.2 Å². The first kappa shape index (κ1) is 46.1. The highest BCUT2D eigenvalue weighted by atomic mass is 32.2. The molecule has 0 aromatic heterocycles. The van der Waals surface area contributed by atoms with E-state index in [9.17, 15) is 49.2 Å². The molecular formula is C38H42N4O16S2-2. The SMILES string of the molecule is O=C(CCCN(CCCSOO[O-])c1ccc(C2=C([O-])C(C3C=CC(=[N+](CCCSOO[O-])CCCC(=O)ON4C(=O)CCC4=O)C=C3)C2=O)cc1)ON1C(=O)CCC1=O. The van der Waals surface area contributed by atoms with Gasteiger partial charge in [-0.2, -0.15) is 8.67 Å². The van der Waals surface area contributed by atoms with E-state index in [0.717, 1.165) is 35.5 Å². The Kier molecular flexibility index (Phi) is 17.8. The van der Waals surface area contributed by atoms with Crippen LogP contribution in [0.5, 0.6) is 0 Å². The van der Waals surface area contributed by atoms with Crippen molar-refractivity contribution < 1.29 is 82.2 Å². The Labute approximate surface area is 352 Å². The Hall–Kier alpha value is -4.94. The maximum absolute atomic E-state index is 13.5. The Morgan fingerprint density at radius 1 is 0.717 bits per heavy atom. The number of Topliss-reactive ketones (excluding diaryl/α,β-unsaturated/α-hetero) is 1. The maximum Gasteiger partial charge on any atom is 0.333 e. The number of carbonyl (C=O) groups excluding carboxylic acids is 7. The van der Waals surface area contributed by atoms with E-state index in [1.807, 2.05) is 9.48 Å². The van der Waals surface area contributed by atoms with Crippen molar-refractivity contribution in [3.05, 3.63) is 59.9 Å². The lowest BCUT2D eigenvalue weighted by Crippen LogP contribution is -2.41. The number of hydroxylamine groups is 4. The number of anilines is 1. The second-order valence-corrected chi connectivity index (χ2v) is 15.3. The Balaban J connectivity index is 1.19. The van der Waals surface area contributed by atoms with E-state index in [2.05, 4.69) is 18.7 Å². The number of hydrogen-bond acceptors (Lipinski definition) is 19. The average Bonchev–Trinajstić information content (AvgIpc) is 3.73. The molecule has 4 aliphatic rings. The number of amides is 4. The second-order valence-electron chi connectivity index (χ2n) is 13.7. The van der Waals surface area contributed by atoms with E-state index in [-0.39, 0.29) is 55.6 Å². The Bertz CT molecular complexity index is 1850. The van der Waals surface area contributed by atoms with Gasteiger partial charge in [0, 0.05) is 129 Å². The van der Waals surface area contributed by atoms with Crippen LogP contribution in [-0.4, -0.2) is 99.4 Å². The molecule has 2 fully saturated rings. The first-order valence-electron chi connectivity index (χ1n) is 19.1. The van der Waals surface area contributed by atoms with Gasteiger partial charge >= 0.3 is 11.9 Å².